The standard InChI is InChI=1S/C14H18N2O2/c17-16(18)14-10-15(9-13(14)12-6-7-12)8-11-4-2-1-3-5-11/h1-5,12-14H,6-10H2/t13-,14+/m0/s1. The van der Waals surface area contributed by atoms with Gasteiger partial charge < -0.3 is 0 Å². The lowest BCUT2D eigenvalue weighted by atomic mass is 9.99. The molecule has 0 N–H and O–H groups in total. The summed E-state index contributed by atoms with van der Waals surface area (Å²) in [6.07, 6.45) is 2.38. The average Bonchev–Trinajstić information content (AvgIpc) is 3.12. The van der Waals surface area contributed by atoms with Crippen molar-refractivity contribution in [1.29, 1.82) is 0 Å². The fourth-order valence-electron chi connectivity index (χ4n) is 3.08. The number of nitro groups is 1. The summed E-state index contributed by atoms with van der Waals surface area (Å²) in [6.45, 7) is 2.35. The molecule has 4 heteroatoms. The Morgan fingerprint density at radius 3 is 2.56 bits per heavy atom. The van der Waals surface area contributed by atoms with Gasteiger partial charge in [-0.2, -0.15) is 0 Å². The fraction of sp³-hybridized carbons (Fsp3) is 0.571. The third-order valence-corrected chi connectivity index (χ3v) is 4.16. The molecule has 0 unspecified atom stereocenters. The monoisotopic (exact) mass is 246 g/mol. The molecule has 3 rings (SSSR count). The Labute approximate surface area is 107 Å². The van der Waals surface area contributed by atoms with E-state index in [1.807, 2.05) is 18.2 Å². The van der Waals surface area contributed by atoms with Gasteiger partial charge in [-0.15, -0.1) is 0 Å². The second kappa shape index (κ2) is 4.69. The molecule has 1 aliphatic carbocycles. The molecule has 4 nitrogen and oxygen atoms in total. The van der Waals surface area contributed by atoms with Crippen molar-refractivity contribution >= 4 is 0 Å². The zero-order chi connectivity index (χ0) is 12.5. The summed E-state index contributed by atoms with van der Waals surface area (Å²) in [7, 11) is 0. The minimum Gasteiger partial charge on any atom is -0.292 e. The van der Waals surface area contributed by atoms with Gasteiger partial charge in [0, 0.05) is 23.9 Å². The zero-order valence-electron chi connectivity index (χ0n) is 10.4. The lowest BCUT2D eigenvalue weighted by Gasteiger charge is -2.14. The van der Waals surface area contributed by atoms with Crippen molar-refractivity contribution < 1.29 is 4.92 Å². The van der Waals surface area contributed by atoms with E-state index >= 15 is 0 Å². The predicted octanol–water partition coefficient (Wildman–Crippen LogP) is 2.17. The van der Waals surface area contributed by atoms with E-state index in [9.17, 15) is 10.1 Å². The van der Waals surface area contributed by atoms with E-state index < -0.39 is 0 Å². The van der Waals surface area contributed by atoms with Gasteiger partial charge >= 0.3 is 0 Å². The largest absolute Gasteiger partial charge is 0.292 e. The summed E-state index contributed by atoms with van der Waals surface area (Å²) in [5, 5.41) is 11.1. The van der Waals surface area contributed by atoms with Crippen LogP contribution in [0, 0.1) is 22.0 Å². The van der Waals surface area contributed by atoms with Crippen molar-refractivity contribution in [2.75, 3.05) is 13.1 Å². The molecular weight excluding hydrogens is 228 g/mol. The van der Waals surface area contributed by atoms with Crippen LogP contribution in [0.5, 0.6) is 0 Å². The third kappa shape index (κ3) is 2.38. The maximum atomic E-state index is 11.1. The van der Waals surface area contributed by atoms with Gasteiger partial charge in [0.05, 0.1) is 6.54 Å². The highest BCUT2D eigenvalue weighted by atomic mass is 16.6. The first-order valence-electron chi connectivity index (χ1n) is 6.64. The minimum absolute atomic E-state index is 0.0615. The molecule has 1 aromatic rings. The van der Waals surface area contributed by atoms with Gasteiger partial charge in [-0.25, -0.2) is 0 Å². The van der Waals surface area contributed by atoms with E-state index in [1.54, 1.807) is 0 Å². The number of hydrogen-bond donors (Lipinski definition) is 0. The highest BCUT2D eigenvalue weighted by Gasteiger charge is 2.48. The normalized spacial score (nSPS) is 28.4. The van der Waals surface area contributed by atoms with Gasteiger partial charge in [0.25, 0.3) is 0 Å². The Hall–Kier alpha value is -1.42. The van der Waals surface area contributed by atoms with Gasteiger partial charge in [-0.1, -0.05) is 30.3 Å². The fourth-order valence-corrected chi connectivity index (χ4v) is 3.08. The zero-order valence-corrected chi connectivity index (χ0v) is 10.4. The summed E-state index contributed by atoms with van der Waals surface area (Å²) >= 11 is 0. The van der Waals surface area contributed by atoms with E-state index in [0.29, 0.717) is 12.5 Å². The molecule has 1 saturated heterocycles. The Morgan fingerprint density at radius 2 is 1.94 bits per heavy atom. The van der Waals surface area contributed by atoms with Crippen LogP contribution in [0.25, 0.3) is 0 Å². The van der Waals surface area contributed by atoms with E-state index in [4.69, 9.17) is 0 Å². The molecule has 2 atom stereocenters. The molecule has 1 saturated carbocycles. The number of nitrogens with zero attached hydrogens (tertiary/aromatic N) is 2. The molecule has 2 aliphatic rings. The lowest BCUT2D eigenvalue weighted by Crippen LogP contribution is -2.29. The van der Waals surface area contributed by atoms with Gasteiger partial charge in [-0.05, 0) is 24.3 Å². The van der Waals surface area contributed by atoms with E-state index in [-0.39, 0.29) is 16.9 Å². The van der Waals surface area contributed by atoms with Crippen LogP contribution in [0.3, 0.4) is 0 Å². The highest BCUT2D eigenvalue weighted by Crippen LogP contribution is 2.42. The maximum Gasteiger partial charge on any atom is 0.229 e. The van der Waals surface area contributed by atoms with Crippen molar-refractivity contribution in [3.05, 3.63) is 46.0 Å². The van der Waals surface area contributed by atoms with Crippen molar-refractivity contribution in [2.24, 2.45) is 11.8 Å². The van der Waals surface area contributed by atoms with Gasteiger partial charge in [-0.3, -0.25) is 15.0 Å². The van der Waals surface area contributed by atoms with Gasteiger partial charge in [0.15, 0.2) is 0 Å². The molecule has 0 radical (unpaired) electrons. The van der Waals surface area contributed by atoms with Crippen LogP contribution in [0.15, 0.2) is 30.3 Å². The topological polar surface area (TPSA) is 46.4 Å². The number of benzene rings is 1. The van der Waals surface area contributed by atoms with Crippen LogP contribution < -0.4 is 0 Å². The molecule has 1 heterocycles. The number of rotatable bonds is 4. The Morgan fingerprint density at radius 1 is 1.22 bits per heavy atom. The Kier molecular flexibility index (Phi) is 3.04. The Bertz CT molecular complexity index is 431. The van der Waals surface area contributed by atoms with Crippen molar-refractivity contribution in [2.45, 2.75) is 25.4 Å². The smallest absolute Gasteiger partial charge is 0.229 e. The highest BCUT2D eigenvalue weighted by molar-refractivity contribution is 5.15. The van der Waals surface area contributed by atoms with E-state index in [0.717, 1.165) is 13.1 Å². The summed E-state index contributed by atoms with van der Waals surface area (Å²) < 4.78 is 0. The van der Waals surface area contributed by atoms with Crippen molar-refractivity contribution in [3.63, 3.8) is 0 Å². The van der Waals surface area contributed by atoms with Crippen LogP contribution >= 0.6 is 0 Å². The summed E-state index contributed by atoms with van der Waals surface area (Å²) in [4.78, 5) is 13.3. The van der Waals surface area contributed by atoms with Crippen LogP contribution in [0.4, 0.5) is 0 Å². The maximum absolute atomic E-state index is 11.1. The molecule has 0 spiro atoms. The second-order valence-electron chi connectivity index (χ2n) is 5.53. The van der Waals surface area contributed by atoms with Crippen LogP contribution in [-0.2, 0) is 6.54 Å². The van der Waals surface area contributed by atoms with Gasteiger partial charge in [0.1, 0.15) is 0 Å². The van der Waals surface area contributed by atoms with Crippen molar-refractivity contribution in [3.8, 4) is 0 Å². The number of hydrogen-bond acceptors (Lipinski definition) is 3. The predicted molar refractivity (Wildman–Crippen MR) is 68.7 cm³/mol. The van der Waals surface area contributed by atoms with Gasteiger partial charge in [0.2, 0.25) is 6.04 Å². The molecule has 0 bridgehead atoms. The average molecular weight is 246 g/mol. The summed E-state index contributed by atoms with van der Waals surface area (Å²) in [5.41, 5.74) is 1.25. The quantitative estimate of drug-likeness (QED) is 0.604. The SMILES string of the molecule is O=[N+]([O-])[C@@H]1CN(Cc2ccccc2)C[C@H]1C1CC1. The molecule has 1 aromatic carbocycles. The molecule has 2 fully saturated rings. The van der Waals surface area contributed by atoms with Crippen LogP contribution in [-0.4, -0.2) is 29.0 Å². The molecule has 0 aromatic heterocycles. The Balaban J connectivity index is 1.66. The molecule has 1 aliphatic heterocycles. The van der Waals surface area contributed by atoms with E-state index in [2.05, 4.69) is 17.0 Å². The molecular formula is C14H18N2O2. The first-order chi connectivity index (χ1) is 8.74. The first kappa shape index (κ1) is 11.7. The van der Waals surface area contributed by atoms with Crippen LogP contribution in [0.2, 0.25) is 0 Å². The third-order valence-electron chi connectivity index (χ3n) is 4.16. The molecule has 96 valence electrons. The number of likely N-dealkylation sites (tertiary alicyclic amines) is 1. The molecule has 18 heavy (non-hydrogen) atoms. The first-order valence-corrected chi connectivity index (χ1v) is 6.64. The summed E-state index contributed by atoms with van der Waals surface area (Å²) in [6, 6.07) is 9.88. The van der Waals surface area contributed by atoms with Crippen LogP contribution in [0.1, 0.15) is 18.4 Å². The lowest BCUT2D eigenvalue weighted by molar-refractivity contribution is -0.526. The minimum atomic E-state index is -0.346. The second-order valence-corrected chi connectivity index (χ2v) is 5.53. The van der Waals surface area contributed by atoms with Crippen molar-refractivity contribution in [1.82, 2.24) is 4.90 Å². The molecule has 0 amide bonds. The summed E-state index contributed by atoms with van der Waals surface area (Å²) in [5.74, 6) is 0.893. The van der Waals surface area contributed by atoms with E-state index in [1.165, 1.54) is 18.4 Å².